The summed E-state index contributed by atoms with van der Waals surface area (Å²) in [5.74, 6) is 0. The summed E-state index contributed by atoms with van der Waals surface area (Å²) in [6, 6.07) is -0.236. The fraction of sp³-hybridized carbons (Fsp3) is 0.865. The minimum absolute atomic E-state index is 0.236. The summed E-state index contributed by atoms with van der Waals surface area (Å²) in [7, 11) is 0. The van der Waals surface area contributed by atoms with Crippen molar-refractivity contribution in [1.82, 2.24) is 4.90 Å². The summed E-state index contributed by atoms with van der Waals surface area (Å²) in [4.78, 5) is 13.7. The number of primary amides is 1. The highest BCUT2D eigenvalue weighted by Crippen LogP contribution is 2.12. The van der Waals surface area contributed by atoms with Crippen LogP contribution >= 0.6 is 0 Å². The van der Waals surface area contributed by atoms with Gasteiger partial charge in [0.1, 0.15) is 0 Å². The molecule has 40 heavy (non-hydrogen) atoms. The molecule has 0 aliphatic carbocycles. The quantitative estimate of drug-likeness (QED) is 0.0645. The molecule has 236 valence electrons. The first-order valence-electron chi connectivity index (χ1n) is 18.1. The third-order valence-corrected chi connectivity index (χ3v) is 8.19. The molecule has 0 atom stereocenters. The number of carbonyl (C=O) groups is 1. The molecule has 0 unspecified atom stereocenters. The Balaban J connectivity index is 3.47. The van der Waals surface area contributed by atoms with Gasteiger partial charge >= 0.3 is 6.03 Å². The predicted octanol–water partition coefficient (Wildman–Crippen LogP) is 12.4. The fourth-order valence-electron chi connectivity index (χ4n) is 5.43. The number of allylic oxidation sites excluding steroid dienone is 4. The standard InChI is InChI=1S/C37H72N2O/c1-3-5-7-9-11-13-15-17-19-21-23-25-27-29-31-33-35-39(37(38)40)36-34-32-30-28-26-24-22-20-18-16-14-12-10-8-6-4-2/h17-20H,3-16,21-36H2,1-2H3,(H2,38,40)/b19-17-,20-18-. The van der Waals surface area contributed by atoms with Crippen LogP contribution in [0.25, 0.3) is 0 Å². The normalized spacial score (nSPS) is 11.8. The van der Waals surface area contributed by atoms with E-state index in [1.165, 1.54) is 167 Å². The van der Waals surface area contributed by atoms with Crippen LogP contribution in [0.1, 0.15) is 194 Å². The first-order chi connectivity index (χ1) is 19.7. The maximum atomic E-state index is 11.8. The minimum atomic E-state index is -0.236. The lowest BCUT2D eigenvalue weighted by atomic mass is 10.1. The first-order valence-corrected chi connectivity index (χ1v) is 18.1. The number of carbonyl (C=O) groups excluding carboxylic acids is 1. The lowest BCUT2D eigenvalue weighted by molar-refractivity contribution is 0.204. The van der Waals surface area contributed by atoms with Crippen LogP contribution in [0.15, 0.2) is 24.3 Å². The van der Waals surface area contributed by atoms with Crippen molar-refractivity contribution in [3.05, 3.63) is 24.3 Å². The molecule has 0 aromatic rings. The Bertz CT molecular complexity index is 514. The average molecular weight is 561 g/mol. The van der Waals surface area contributed by atoms with E-state index in [-0.39, 0.29) is 6.03 Å². The van der Waals surface area contributed by atoms with Gasteiger partial charge in [-0.15, -0.1) is 0 Å². The molecule has 0 saturated heterocycles. The zero-order chi connectivity index (χ0) is 29.2. The SMILES string of the molecule is CCCCCCCC/C=C\CCCCCCCCN(CCCCCCCC/C=C\CCCCCCCC)C(N)=O. The zero-order valence-corrected chi connectivity index (χ0v) is 27.5. The van der Waals surface area contributed by atoms with Crippen LogP contribution in [0.3, 0.4) is 0 Å². The first kappa shape index (κ1) is 38.8. The van der Waals surface area contributed by atoms with E-state index in [4.69, 9.17) is 5.73 Å². The molecule has 0 heterocycles. The van der Waals surface area contributed by atoms with Crippen molar-refractivity contribution in [2.24, 2.45) is 5.73 Å². The molecular formula is C37H72N2O. The summed E-state index contributed by atoms with van der Waals surface area (Å²) >= 11 is 0. The molecular weight excluding hydrogens is 488 g/mol. The molecule has 0 rings (SSSR count). The van der Waals surface area contributed by atoms with Crippen molar-refractivity contribution >= 4 is 6.03 Å². The number of hydrogen-bond acceptors (Lipinski definition) is 1. The van der Waals surface area contributed by atoms with Crippen molar-refractivity contribution in [3.63, 3.8) is 0 Å². The van der Waals surface area contributed by atoms with Gasteiger partial charge in [0.2, 0.25) is 0 Å². The Morgan fingerprint density at radius 3 is 0.950 bits per heavy atom. The lowest BCUT2D eigenvalue weighted by Gasteiger charge is -2.20. The minimum Gasteiger partial charge on any atom is -0.351 e. The van der Waals surface area contributed by atoms with E-state index in [9.17, 15) is 4.79 Å². The van der Waals surface area contributed by atoms with Crippen molar-refractivity contribution < 1.29 is 4.79 Å². The smallest absolute Gasteiger partial charge is 0.314 e. The molecule has 0 aliphatic rings. The van der Waals surface area contributed by atoms with Gasteiger partial charge < -0.3 is 10.6 Å². The highest BCUT2D eigenvalue weighted by molar-refractivity contribution is 5.71. The van der Waals surface area contributed by atoms with E-state index < -0.39 is 0 Å². The number of urea groups is 1. The van der Waals surface area contributed by atoms with E-state index in [0.29, 0.717) is 0 Å². The van der Waals surface area contributed by atoms with Crippen LogP contribution in [0, 0.1) is 0 Å². The van der Waals surface area contributed by atoms with Crippen LogP contribution in [0.2, 0.25) is 0 Å². The number of hydrogen-bond donors (Lipinski definition) is 1. The summed E-state index contributed by atoms with van der Waals surface area (Å²) in [6.07, 6.45) is 46.3. The molecule has 0 radical (unpaired) electrons. The van der Waals surface area contributed by atoms with E-state index in [2.05, 4.69) is 38.2 Å². The van der Waals surface area contributed by atoms with Crippen LogP contribution in [0.5, 0.6) is 0 Å². The Hall–Kier alpha value is -1.25. The Morgan fingerprint density at radius 1 is 0.425 bits per heavy atom. The Morgan fingerprint density at radius 2 is 0.675 bits per heavy atom. The molecule has 0 spiro atoms. The van der Waals surface area contributed by atoms with Crippen molar-refractivity contribution in [2.45, 2.75) is 194 Å². The summed E-state index contributed by atoms with van der Waals surface area (Å²) in [6.45, 7) is 6.23. The summed E-state index contributed by atoms with van der Waals surface area (Å²) < 4.78 is 0. The topological polar surface area (TPSA) is 46.3 Å². The third-order valence-electron chi connectivity index (χ3n) is 8.19. The second kappa shape index (κ2) is 34.0. The highest BCUT2D eigenvalue weighted by Gasteiger charge is 2.08. The summed E-state index contributed by atoms with van der Waals surface area (Å²) in [5.41, 5.74) is 5.64. The van der Waals surface area contributed by atoms with Gasteiger partial charge in [-0.1, -0.05) is 154 Å². The number of nitrogens with zero attached hydrogens (tertiary/aromatic N) is 1. The average Bonchev–Trinajstić information content (AvgIpc) is 2.95. The highest BCUT2D eigenvalue weighted by atomic mass is 16.2. The van der Waals surface area contributed by atoms with Gasteiger partial charge in [0.15, 0.2) is 0 Å². The molecule has 0 saturated carbocycles. The van der Waals surface area contributed by atoms with Gasteiger partial charge in [-0.05, 0) is 64.2 Å². The predicted molar refractivity (Wildman–Crippen MR) is 180 cm³/mol. The fourth-order valence-corrected chi connectivity index (χ4v) is 5.43. The Labute approximate surface area is 252 Å². The number of rotatable bonds is 32. The zero-order valence-electron chi connectivity index (χ0n) is 27.5. The Kier molecular flexibility index (Phi) is 32.9. The molecule has 2 amide bonds. The van der Waals surface area contributed by atoms with Gasteiger partial charge in [0.05, 0.1) is 0 Å². The van der Waals surface area contributed by atoms with Crippen LogP contribution in [-0.2, 0) is 0 Å². The summed E-state index contributed by atoms with van der Waals surface area (Å²) in [5, 5.41) is 0. The monoisotopic (exact) mass is 561 g/mol. The second-order valence-electron chi connectivity index (χ2n) is 12.2. The van der Waals surface area contributed by atoms with Crippen molar-refractivity contribution in [2.75, 3.05) is 13.1 Å². The molecule has 3 nitrogen and oxygen atoms in total. The van der Waals surface area contributed by atoms with Gasteiger partial charge in [-0.25, -0.2) is 4.79 Å². The lowest BCUT2D eigenvalue weighted by Crippen LogP contribution is -2.37. The van der Waals surface area contributed by atoms with Gasteiger partial charge in [-0.3, -0.25) is 0 Å². The maximum Gasteiger partial charge on any atom is 0.314 e. The van der Waals surface area contributed by atoms with Gasteiger partial charge in [-0.2, -0.15) is 0 Å². The molecule has 0 bridgehead atoms. The van der Waals surface area contributed by atoms with E-state index in [1.54, 1.807) is 0 Å². The largest absolute Gasteiger partial charge is 0.351 e. The molecule has 0 aliphatic heterocycles. The maximum absolute atomic E-state index is 11.8. The van der Waals surface area contributed by atoms with E-state index in [1.807, 2.05) is 4.90 Å². The van der Waals surface area contributed by atoms with Crippen molar-refractivity contribution in [3.8, 4) is 0 Å². The van der Waals surface area contributed by atoms with Gasteiger partial charge in [0, 0.05) is 13.1 Å². The molecule has 0 aromatic carbocycles. The van der Waals surface area contributed by atoms with E-state index in [0.717, 1.165) is 25.9 Å². The van der Waals surface area contributed by atoms with Crippen LogP contribution in [0.4, 0.5) is 4.79 Å². The van der Waals surface area contributed by atoms with Crippen LogP contribution in [-0.4, -0.2) is 24.0 Å². The van der Waals surface area contributed by atoms with Crippen LogP contribution < -0.4 is 5.73 Å². The van der Waals surface area contributed by atoms with E-state index >= 15 is 0 Å². The number of unbranched alkanes of at least 4 members (excludes halogenated alkanes) is 24. The van der Waals surface area contributed by atoms with Crippen molar-refractivity contribution in [1.29, 1.82) is 0 Å². The molecule has 0 fully saturated rings. The number of amides is 2. The van der Waals surface area contributed by atoms with Gasteiger partial charge in [0.25, 0.3) is 0 Å². The third kappa shape index (κ3) is 31.3. The number of nitrogens with two attached hydrogens (primary N) is 1. The molecule has 2 N–H and O–H groups in total. The molecule has 3 heteroatoms. The second-order valence-corrected chi connectivity index (χ2v) is 12.2. The molecule has 0 aromatic heterocycles.